The lowest BCUT2D eigenvalue weighted by atomic mass is 10.1. The van der Waals surface area contributed by atoms with Crippen LogP contribution in [0.4, 0.5) is 0 Å². The number of benzene rings is 2. The van der Waals surface area contributed by atoms with Crippen LogP contribution in [0.15, 0.2) is 48.7 Å². The number of fused-ring (bicyclic) bond motifs is 1. The molecule has 26 heavy (non-hydrogen) atoms. The minimum atomic E-state index is 0.104. The molecule has 0 saturated heterocycles. The number of H-pyrrole nitrogens is 1. The third-order valence-corrected chi connectivity index (χ3v) is 4.84. The van der Waals surface area contributed by atoms with Gasteiger partial charge in [0.1, 0.15) is 6.54 Å². The molecular weight excluding hydrogens is 322 g/mol. The Labute approximate surface area is 155 Å². The van der Waals surface area contributed by atoms with Gasteiger partial charge in [-0.2, -0.15) is 0 Å². The highest BCUT2D eigenvalue weighted by molar-refractivity contribution is 5.83. The summed E-state index contributed by atoms with van der Waals surface area (Å²) in [7, 11) is 2.07. The normalized spacial score (nSPS) is 12.3. The van der Waals surface area contributed by atoms with Crippen LogP contribution < -0.4 is 10.2 Å². The molecule has 0 aliphatic carbocycles. The summed E-state index contributed by atoms with van der Waals surface area (Å²) in [6.45, 7) is 6.26. The van der Waals surface area contributed by atoms with Gasteiger partial charge in [-0.05, 0) is 37.5 Å². The Morgan fingerprint density at radius 1 is 1.12 bits per heavy atom. The highest BCUT2D eigenvalue weighted by atomic mass is 16.2. The Kier molecular flexibility index (Phi) is 5.74. The molecule has 0 saturated carbocycles. The fourth-order valence-corrected chi connectivity index (χ4v) is 3.44. The summed E-state index contributed by atoms with van der Waals surface area (Å²) < 4.78 is 0. The van der Waals surface area contributed by atoms with Gasteiger partial charge in [0.15, 0.2) is 6.54 Å². The number of rotatable bonds is 7. The van der Waals surface area contributed by atoms with Gasteiger partial charge >= 0.3 is 0 Å². The van der Waals surface area contributed by atoms with Gasteiger partial charge in [0.05, 0.1) is 7.05 Å². The molecule has 1 unspecified atom stereocenters. The molecule has 2 aromatic carbocycles. The van der Waals surface area contributed by atoms with Crippen LogP contribution in [0.25, 0.3) is 10.9 Å². The monoisotopic (exact) mass is 350 g/mol. The maximum absolute atomic E-state index is 12.2. The smallest absolute Gasteiger partial charge is 0.275 e. The van der Waals surface area contributed by atoms with E-state index in [-0.39, 0.29) is 5.91 Å². The third-order valence-electron chi connectivity index (χ3n) is 4.84. The number of hydrogen-bond donors (Lipinski definition) is 3. The van der Waals surface area contributed by atoms with Gasteiger partial charge in [-0.3, -0.25) is 4.79 Å². The average Bonchev–Trinajstić information content (AvgIpc) is 3.01. The Morgan fingerprint density at radius 3 is 2.73 bits per heavy atom. The van der Waals surface area contributed by atoms with Gasteiger partial charge in [0.25, 0.3) is 5.91 Å². The number of quaternary nitrogens is 1. The van der Waals surface area contributed by atoms with Crippen molar-refractivity contribution in [3.8, 4) is 0 Å². The van der Waals surface area contributed by atoms with Gasteiger partial charge in [0.2, 0.25) is 0 Å². The largest absolute Gasteiger partial charge is 0.361 e. The molecule has 3 aromatic rings. The first kappa shape index (κ1) is 18.2. The number of hydrogen-bond acceptors (Lipinski definition) is 1. The number of amides is 1. The Bertz CT molecular complexity index is 897. The van der Waals surface area contributed by atoms with Gasteiger partial charge < -0.3 is 15.2 Å². The molecular formula is C22H28N3O+. The molecule has 0 radical (unpaired) electrons. The fraction of sp³-hybridized carbons (Fsp3) is 0.318. The van der Waals surface area contributed by atoms with Crippen LogP contribution in [0, 0.1) is 13.8 Å². The third kappa shape index (κ3) is 4.52. The zero-order chi connectivity index (χ0) is 18.5. The molecule has 1 amide bonds. The zero-order valence-electron chi connectivity index (χ0n) is 15.9. The second-order valence-corrected chi connectivity index (χ2v) is 7.20. The first-order valence-corrected chi connectivity index (χ1v) is 9.22. The van der Waals surface area contributed by atoms with Crippen molar-refractivity contribution < 1.29 is 9.69 Å². The summed E-state index contributed by atoms with van der Waals surface area (Å²) in [6.07, 6.45) is 2.88. The predicted octanol–water partition coefficient (Wildman–Crippen LogP) is 2.16. The number of para-hydroxylation sites is 1. The van der Waals surface area contributed by atoms with E-state index in [2.05, 4.69) is 61.5 Å². The van der Waals surface area contributed by atoms with Crippen molar-refractivity contribution >= 4 is 16.8 Å². The lowest BCUT2D eigenvalue weighted by molar-refractivity contribution is -0.885. The van der Waals surface area contributed by atoms with Crippen molar-refractivity contribution in [2.24, 2.45) is 0 Å². The quantitative estimate of drug-likeness (QED) is 0.601. The lowest BCUT2D eigenvalue weighted by Gasteiger charge is -2.15. The molecule has 4 heteroatoms. The van der Waals surface area contributed by atoms with Crippen LogP contribution in [-0.2, 0) is 17.8 Å². The van der Waals surface area contributed by atoms with Crippen LogP contribution >= 0.6 is 0 Å². The van der Waals surface area contributed by atoms with Crippen LogP contribution in [-0.4, -0.2) is 31.0 Å². The van der Waals surface area contributed by atoms with E-state index in [1.54, 1.807) is 0 Å². The van der Waals surface area contributed by atoms with Crippen LogP contribution in [0.1, 0.15) is 22.3 Å². The van der Waals surface area contributed by atoms with Gasteiger partial charge in [-0.25, -0.2) is 0 Å². The maximum atomic E-state index is 12.2. The topological polar surface area (TPSA) is 49.3 Å². The number of nitrogens with one attached hydrogen (secondary N) is 3. The highest BCUT2D eigenvalue weighted by Crippen LogP contribution is 2.17. The maximum Gasteiger partial charge on any atom is 0.275 e. The summed E-state index contributed by atoms with van der Waals surface area (Å²) in [5.41, 5.74) is 6.27. The molecule has 3 rings (SSSR count). The molecule has 1 aromatic heterocycles. The number of likely N-dealkylation sites (N-methyl/N-ethyl adjacent to an activating group) is 1. The number of aromatic amines is 1. The SMILES string of the molecule is Cc1ccc(C[NH+](C)CC(=O)NCCc2c[nH]c3ccccc23)c(C)c1. The van der Waals surface area contributed by atoms with Crippen molar-refractivity contribution in [3.05, 3.63) is 70.9 Å². The van der Waals surface area contributed by atoms with Gasteiger partial charge in [0, 0.05) is 29.2 Å². The summed E-state index contributed by atoms with van der Waals surface area (Å²) in [5.74, 6) is 0.104. The Balaban J connectivity index is 1.46. The van der Waals surface area contributed by atoms with Crippen molar-refractivity contribution in [3.63, 3.8) is 0 Å². The molecule has 0 aliphatic rings. The van der Waals surface area contributed by atoms with Crippen molar-refractivity contribution in [1.29, 1.82) is 0 Å². The summed E-state index contributed by atoms with van der Waals surface area (Å²) in [5, 5.41) is 4.29. The number of aryl methyl sites for hydroxylation is 2. The molecule has 136 valence electrons. The van der Waals surface area contributed by atoms with E-state index in [9.17, 15) is 4.79 Å². The highest BCUT2D eigenvalue weighted by Gasteiger charge is 2.12. The van der Waals surface area contributed by atoms with Gasteiger partial charge in [-0.1, -0.05) is 42.0 Å². The minimum Gasteiger partial charge on any atom is -0.361 e. The molecule has 4 nitrogen and oxygen atoms in total. The van der Waals surface area contributed by atoms with E-state index in [4.69, 9.17) is 0 Å². The second-order valence-electron chi connectivity index (χ2n) is 7.20. The molecule has 1 heterocycles. The first-order chi connectivity index (χ1) is 12.5. The molecule has 0 fully saturated rings. The summed E-state index contributed by atoms with van der Waals surface area (Å²) >= 11 is 0. The van der Waals surface area contributed by atoms with Crippen molar-refractivity contribution in [2.45, 2.75) is 26.8 Å². The standard InChI is InChI=1S/C22H27N3O/c1-16-8-9-19(17(2)12-16)14-25(3)15-22(26)23-11-10-18-13-24-21-7-5-4-6-20(18)21/h4-9,12-13,24H,10-11,14-15H2,1-3H3,(H,23,26)/p+1. The first-order valence-electron chi connectivity index (χ1n) is 9.22. The second kappa shape index (κ2) is 8.19. The molecule has 0 bridgehead atoms. The van der Waals surface area contributed by atoms with Crippen molar-refractivity contribution in [1.82, 2.24) is 10.3 Å². The molecule has 0 spiro atoms. The van der Waals surface area contributed by atoms with Crippen LogP contribution in [0.5, 0.6) is 0 Å². The van der Waals surface area contributed by atoms with E-state index in [0.29, 0.717) is 13.1 Å². The summed E-state index contributed by atoms with van der Waals surface area (Å²) in [4.78, 5) is 16.7. The number of carbonyl (C=O) groups is 1. The van der Waals surface area contributed by atoms with Crippen LogP contribution in [0.3, 0.4) is 0 Å². The molecule has 0 aliphatic heterocycles. The van der Waals surface area contributed by atoms with E-state index in [1.165, 1.54) is 32.5 Å². The Morgan fingerprint density at radius 2 is 1.92 bits per heavy atom. The predicted molar refractivity (Wildman–Crippen MR) is 106 cm³/mol. The van der Waals surface area contributed by atoms with Gasteiger partial charge in [-0.15, -0.1) is 0 Å². The molecule has 1 atom stereocenters. The number of aromatic nitrogens is 1. The average molecular weight is 350 g/mol. The van der Waals surface area contributed by atoms with E-state index < -0.39 is 0 Å². The number of carbonyl (C=O) groups excluding carboxylic acids is 1. The van der Waals surface area contributed by atoms with Crippen molar-refractivity contribution in [2.75, 3.05) is 20.1 Å². The lowest BCUT2D eigenvalue weighted by Crippen LogP contribution is -3.09. The zero-order valence-corrected chi connectivity index (χ0v) is 15.9. The van der Waals surface area contributed by atoms with Crippen LogP contribution in [0.2, 0.25) is 0 Å². The minimum absolute atomic E-state index is 0.104. The van der Waals surface area contributed by atoms with E-state index in [1.807, 2.05) is 18.3 Å². The fourth-order valence-electron chi connectivity index (χ4n) is 3.44. The summed E-state index contributed by atoms with van der Waals surface area (Å²) in [6, 6.07) is 14.8. The molecule has 3 N–H and O–H groups in total. The Hall–Kier alpha value is -2.59. The van der Waals surface area contributed by atoms with E-state index in [0.717, 1.165) is 18.5 Å². The van der Waals surface area contributed by atoms with E-state index >= 15 is 0 Å².